The van der Waals surface area contributed by atoms with Crippen LogP contribution < -0.4 is 5.32 Å². The topological polar surface area (TPSA) is 41.3 Å². The predicted octanol–water partition coefficient (Wildman–Crippen LogP) is 1.25. The van der Waals surface area contributed by atoms with Crippen LogP contribution in [0.5, 0.6) is 0 Å². The van der Waals surface area contributed by atoms with Crippen molar-refractivity contribution in [2.45, 2.75) is 38.9 Å². The van der Waals surface area contributed by atoms with Crippen LogP contribution in [0, 0.1) is 0 Å². The van der Waals surface area contributed by atoms with Gasteiger partial charge >= 0.3 is 0 Å². The van der Waals surface area contributed by atoms with Gasteiger partial charge in [-0.15, -0.1) is 0 Å². The highest BCUT2D eigenvalue weighted by atomic mass is 16.5. The molecule has 1 saturated heterocycles. The third-order valence-electron chi connectivity index (χ3n) is 3.12. The van der Waals surface area contributed by atoms with Crippen molar-refractivity contribution in [2.24, 2.45) is 0 Å². The molecular formula is C11H19N3O. The van der Waals surface area contributed by atoms with Crippen molar-refractivity contribution >= 4 is 0 Å². The summed E-state index contributed by atoms with van der Waals surface area (Å²) in [4.78, 5) is 2.45. The minimum atomic E-state index is 0.567. The molecule has 0 radical (unpaired) electrons. The fourth-order valence-corrected chi connectivity index (χ4v) is 2.01. The van der Waals surface area contributed by atoms with Gasteiger partial charge in [-0.2, -0.15) is 0 Å². The Morgan fingerprint density at radius 3 is 3.20 bits per heavy atom. The van der Waals surface area contributed by atoms with E-state index in [9.17, 15) is 0 Å². The molecule has 1 aliphatic heterocycles. The molecule has 15 heavy (non-hydrogen) atoms. The minimum absolute atomic E-state index is 0.567. The van der Waals surface area contributed by atoms with Gasteiger partial charge in [-0.25, -0.2) is 0 Å². The lowest BCUT2D eigenvalue weighted by molar-refractivity contribution is 0.119. The maximum atomic E-state index is 5.14. The van der Waals surface area contributed by atoms with E-state index in [1.165, 1.54) is 6.42 Å². The summed E-state index contributed by atoms with van der Waals surface area (Å²) in [6, 6.07) is 3.12. The van der Waals surface area contributed by atoms with Gasteiger partial charge in [-0.1, -0.05) is 12.1 Å². The Kier molecular flexibility index (Phi) is 3.38. The Labute approximate surface area is 90.6 Å². The number of rotatable bonds is 3. The SMILES string of the molecule is CCC1CN(Cc2ccno2)C(C)CN1. The number of hydrogen-bond acceptors (Lipinski definition) is 4. The standard InChI is InChI=1S/C11H19N3O/c1-3-10-7-14(9(2)6-12-10)8-11-4-5-13-15-11/h4-5,9-10,12H,3,6-8H2,1-2H3. The van der Waals surface area contributed by atoms with Crippen molar-refractivity contribution in [3.8, 4) is 0 Å². The van der Waals surface area contributed by atoms with E-state index in [1.54, 1.807) is 6.20 Å². The molecule has 1 aromatic heterocycles. The maximum Gasteiger partial charge on any atom is 0.150 e. The number of nitrogens with one attached hydrogen (secondary N) is 1. The lowest BCUT2D eigenvalue weighted by atomic mass is 10.1. The molecule has 1 aromatic rings. The van der Waals surface area contributed by atoms with Crippen LogP contribution in [0.1, 0.15) is 26.0 Å². The second-order valence-corrected chi connectivity index (χ2v) is 4.27. The molecule has 2 heterocycles. The van der Waals surface area contributed by atoms with E-state index < -0.39 is 0 Å². The van der Waals surface area contributed by atoms with Gasteiger partial charge in [0.15, 0.2) is 5.76 Å². The summed E-state index contributed by atoms with van der Waals surface area (Å²) < 4.78 is 5.14. The van der Waals surface area contributed by atoms with E-state index in [2.05, 4.69) is 29.2 Å². The third-order valence-corrected chi connectivity index (χ3v) is 3.12. The van der Waals surface area contributed by atoms with Gasteiger partial charge < -0.3 is 9.84 Å². The van der Waals surface area contributed by atoms with Crippen molar-refractivity contribution in [3.05, 3.63) is 18.0 Å². The van der Waals surface area contributed by atoms with Gasteiger partial charge in [-0.3, -0.25) is 4.90 Å². The van der Waals surface area contributed by atoms with Gasteiger partial charge in [0.05, 0.1) is 12.7 Å². The van der Waals surface area contributed by atoms with E-state index in [0.717, 1.165) is 25.4 Å². The first-order chi connectivity index (χ1) is 7.29. The van der Waals surface area contributed by atoms with Crippen LogP contribution in [0.25, 0.3) is 0 Å². The Morgan fingerprint density at radius 1 is 1.67 bits per heavy atom. The second-order valence-electron chi connectivity index (χ2n) is 4.27. The third kappa shape index (κ3) is 2.58. The maximum absolute atomic E-state index is 5.14. The molecule has 1 N–H and O–H groups in total. The lowest BCUT2D eigenvalue weighted by Crippen LogP contribution is -2.54. The van der Waals surface area contributed by atoms with Crippen LogP contribution in [-0.2, 0) is 6.54 Å². The number of aromatic nitrogens is 1. The van der Waals surface area contributed by atoms with Crippen LogP contribution in [0.15, 0.2) is 16.8 Å². The van der Waals surface area contributed by atoms with Crippen LogP contribution in [0.4, 0.5) is 0 Å². The van der Waals surface area contributed by atoms with Gasteiger partial charge in [0.2, 0.25) is 0 Å². The van der Waals surface area contributed by atoms with Crippen LogP contribution in [0.2, 0.25) is 0 Å². The molecule has 1 aliphatic rings. The summed E-state index contributed by atoms with van der Waals surface area (Å²) in [6.07, 6.45) is 2.89. The first-order valence-electron chi connectivity index (χ1n) is 5.66. The summed E-state index contributed by atoms with van der Waals surface area (Å²) in [5.74, 6) is 0.957. The summed E-state index contributed by atoms with van der Waals surface area (Å²) in [5, 5.41) is 7.27. The quantitative estimate of drug-likeness (QED) is 0.813. The average Bonchev–Trinajstić information content (AvgIpc) is 2.74. The van der Waals surface area contributed by atoms with Crippen molar-refractivity contribution in [3.63, 3.8) is 0 Å². The number of piperazine rings is 1. The minimum Gasteiger partial charge on any atom is -0.360 e. The van der Waals surface area contributed by atoms with E-state index in [0.29, 0.717) is 12.1 Å². The Hall–Kier alpha value is -0.870. The van der Waals surface area contributed by atoms with Crippen LogP contribution in [0.3, 0.4) is 0 Å². The molecule has 2 rings (SSSR count). The summed E-state index contributed by atoms with van der Waals surface area (Å²) in [5.41, 5.74) is 0. The molecule has 2 atom stereocenters. The van der Waals surface area contributed by atoms with Gasteiger partial charge in [0, 0.05) is 31.2 Å². The average molecular weight is 209 g/mol. The summed E-state index contributed by atoms with van der Waals surface area (Å²) in [7, 11) is 0. The van der Waals surface area contributed by atoms with E-state index in [4.69, 9.17) is 4.52 Å². The zero-order valence-corrected chi connectivity index (χ0v) is 9.44. The molecular weight excluding hydrogens is 190 g/mol. The molecule has 0 saturated carbocycles. The molecule has 4 heteroatoms. The van der Waals surface area contributed by atoms with E-state index in [-0.39, 0.29) is 0 Å². The summed E-state index contributed by atoms with van der Waals surface area (Å²) >= 11 is 0. The zero-order valence-electron chi connectivity index (χ0n) is 9.44. The molecule has 0 aromatic carbocycles. The first-order valence-corrected chi connectivity index (χ1v) is 5.66. The normalized spacial score (nSPS) is 28.1. The first kappa shape index (κ1) is 10.6. The van der Waals surface area contributed by atoms with Crippen molar-refractivity contribution < 1.29 is 4.52 Å². The van der Waals surface area contributed by atoms with E-state index in [1.807, 2.05) is 6.07 Å². The largest absolute Gasteiger partial charge is 0.360 e. The highest BCUT2D eigenvalue weighted by Crippen LogP contribution is 2.12. The highest BCUT2D eigenvalue weighted by Gasteiger charge is 2.24. The Morgan fingerprint density at radius 2 is 2.53 bits per heavy atom. The second kappa shape index (κ2) is 4.77. The van der Waals surface area contributed by atoms with Crippen LogP contribution in [-0.4, -0.2) is 35.2 Å². The Balaban J connectivity index is 1.94. The van der Waals surface area contributed by atoms with Crippen molar-refractivity contribution in [1.29, 1.82) is 0 Å². The molecule has 4 nitrogen and oxygen atoms in total. The zero-order chi connectivity index (χ0) is 10.7. The number of hydrogen-bond donors (Lipinski definition) is 1. The predicted molar refractivity (Wildman–Crippen MR) is 58.5 cm³/mol. The highest BCUT2D eigenvalue weighted by molar-refractivity contribution is 4.95. The fraction of sp³-hybridized carbons (Fsp3) is 0.727. The molecule has 0 bridgehead atoms. The molecule has 0 spiro atoms. The smallest absolute Gasteiger partial charge is 0.150 e. The molecule has 2 unspecified atom stereocenters. The van der Waals surface area contributed by atoms with Gasteiger partial charge in [0.25, 0.3) is 0 Å². The lowest BCUT2D eigenvalue weighted by Gasteiger charge is -2.37. The number of nitrogens with zero attached hydrogens (tertiary/aromatic N) is 2. The molecule has 0 amide bonds. The van der Waals surface area contributed by atoms with E-state index >= 15 is 0 Å². The van der Waals surface area contributed by atoms with Crippen molar-refractivity contribution in [2.75, 3.05) is 13.1 Å². The monoisotopic (exact) mass is 209 g/mol. The molecule has 84 valence electrons. The van der Waals surface area contributed by atoms with Crippen molar-refractivity contribution in [1.82, 2.24) is 15.4 Å². The van der Waals surface area contributed by atoms with Gasteiger partial charge in [0.1, 0.15) is 0 Å². The Bertz CT molecular complexity index is 286. The van der Waals surface area contributed by atoms with Crippen LogP contribution >= 0.6 is 0 Å². The molecule has 1 fully saturated rings. The fourth-order valence-electron chi connectivity index (χ4n) is 2.01. The van der Waals surface area contributed by atoms with Gasteiger partial charge in [-0.05, 0) is 13.3 Å². The summed E-state index contributed by atoms with van der Waals surface area (Å²) in [6.45, 7) is 7.50. The molecule has 0 aliphatic carbocycles.